The summed E-state index contributed by atoms with van der Waals surface area (Å²) in [4.78, 5) is 179. The van der Waals surface area contributed by atoms with Crippen molar-refractivity contribution in [2.24, 2.45) is 25.9 Å². The number of esters is 1. The molecule has 0 amide bonds. The molecule has 5 fully saturated rings. The standard InChI is InChI=1S/C34H41N2O9P.C19H31N2O7P.C17H27N2O6P.C16H25N2O6P.C15H25N3O4PSe/c1-20(32(40)45-34(42)43-19-26-23-12-8-6-10-21(23)22-11-7-9-13-24(22)26)14-16-36-31(39)25(18-35(2)33(36)41)30-29(38)28(37)27(44-30)15-17-46(3,4)5;1-11(18(25)26)6-8-21-17(24)12(10-20(2)19(21)27)16-15(23)14(22)13(28-16)7-9-29(3,4)5;1-10(20)8-11-9-19(17(23)18-15(11)22)16-14(24-2)13(21)12(25-16)6-7-26(3,4)5;1-9(19)7-10-8-18(16(23)17-14(10)22)15-13(21)12(20)11(24-15)5-6-25(2,3)4;1-16-7-9-8-18(15(24)17-13(9)21)14-12(20)11(19)10(22-14)5-6-23(2,3)4/h6-13,18,20,26-30,37-38H,3,14-17,19H2,1-2,4-5H3;10-11,13-16,22-23H,3,6-9H2,1-2,4-5H3,(H,25,26);9,12-14,16,21H,3,6-8H2,1-2,4-5H3,(H,18,22,23);8,11-13,15,20-21H,2,5-7H2,1,3-4H3,(H,17,22,23);8,10-12,14,16,19-20H,2,5-7H2,1,3-4H3/t20?,27?,28-,29-,30?;11?,13?,14-,15-,16?;12?,13-,14-,16?;11?,12-,13-,15?;10?,11-,12-,14?/m11111/s1. The number of aromatic amines is 2. The summed E-state index contributed by atoms with van der Waals surface area (Å²) in [5.74, 6) is -4.06. The number of rotatable bonds is 37. The minimum absolute atomic E-state index is 0.00790. The van der Waals surface area contributed by atoms with Crippen LogP contribution in [0.1, 0.15) is 148 Å². The Morgan fingerprint density at radius 3 is 1.19 bits per heavy atom. The summed E-state index contributed by atoms with van der Waals surface area (Å²) < 4.78 is 53.3. The number of carbonyl (C=O) groups excluding carboxylic acids is 4. The van der Waals surface area contributed by atoms with Crippen LogP contribution in [0.3, 0.4) is 0 Å². The molecule has 6 aliphatic rings. The summed E-state index contributed by atoms with van der Waals surface area (Å²) in [7, 11) is 6.09. The number of Topliss-reactive ketones (excluding diaryl/α,β-unsaturated/α-hetero) is 2. The van der Waals surface area contributed by atoms with Gasteiger partial charge in [0.25, 0.3) is 22.2 Å². The van der Waals surface area contributed by atoms with E-state index < -0.39 is 232 Å². The molecule has 10 heterocycles. The fourth-order valence-corrected chi connectivity index (χ4v) is 23.2. The number of methoxy groups -OCH3 is 1. The van der Waals surface area contributed by atoms with E-state index in [1.807, 2.05) is 48.5 Å². The number of aliphatic hydroxyl groups excluding tert-OH is 9. The third-order valence-electron chi connectivity index (χ3n) is 26.5. The molecule has 150 heavy (non-hydrogen) atoms. The van der Waals surface area contributed by atoms with Crippen molar-refractivity contribution in [1.82, 2.24) is 52.2 Å². The minimum atomic E-state index is -1.41. The number of fused-ring (bicyclic) bond motifs is 3. The molecule has 13 N–H and O–H groups in total. The summed E-state index contributed by atoms with van der Waals surface area (Å²) in [6.07, 6.45) is 13.8. The van der Waals surface area contributed by atoms with Gasteiger partial charge in [0.05, 0.1) is 47.4 Å². The van der Waals surface area contributed by atoms with E-state index in [1.54, 1.807) is 17.8 Å². The molecule has 0 saturated carbocycles. The molecule has 5 aliphatic heterocycles. The van der Waals surface area contributed by atoms with Crippen molar-refractivity contribution in [2.45, 2.75) is 233 Å². The number of hydrogen-bond acceptors (Lipinski definition) is 33. The molecule has 0 bridgehead atoms. The monoisotopic (exact) mass is 2260 g/mol. The summed E-state index contributed by atoms with van der Waals surface area (Å²) in [6.45, 7) is 20.0. The first-order chi connectivity index (χ1) is 69.8. The van der Waals surface area contributed by atoms with Gasteiger partial charge in [-0.05, 0) is 153 Å². The molecule has 0 spiro atoms. The van der Waals surface area contributed by atoms with E-state index in [-0.39, 0.29) is 90.7 Å². The average molecular weight is 2260 g/mol. The fraction of sp³-hybridized carbons (Fsp3) is 0.584. The van der Waals surface area contributed by atoms with E-state index in [1.165, 1.54) is 87.4 Å². The van der Waals surface area contributed by atoms with Crippen LogP contribution in [-0.2, 0) is 104 Å². The van der Waals surface area contributed by atoms with Gasteiger partial charge in [-0.15, -0.1) is 52.7 Å². The van der Waals surface area contributed by atoms with Crippen LogP contribution in [0.5, 0.6) is 0 Å². The average Bonchev–Trinajstić information content (AvgIpc) is 1.60. The summed E-state index contributed by atoms with van der Waals surface area (Å²) in [5, 5.41) is 106. The molecular weight excluding hydrogens is 2110 g/mol. The first-order valence-electron chi connectivity index (χ1n) is 49.1. The molecule has 2 aromatic carbocycles. The SMILES string of the molecule is C=P(C)(C)CCC1OC(c2cn(C)c(=O)n(CCC(C)C(=O)O)c2=O)[C@H](O)[C@@H]1O.C=P(C)(C)CCC1OC(c2cn(C)c(=O)n(CCC(C)C(=O)OC(=O)OCC3c4ccccc4-c4ccccc43)c2=O)[C@H](O)[C@@H]1O.C=P(C)(C)CCC1OC(n2cc(CC(C)=O)c(=O)[nH]c2=O)[C@H](O)[C@@H]1O.C=P(C)(C)CCC1OC(n2cc(CC(C)=O)c(=O)[nH]c2=O)[C@H](OC)[C@@H]1O.C=P(C)(C)CCC1OC(n2cc(CNC)c(=O)nc2[Se])[C@H](O)[C@@H]1O. The van der Waals surface area contributed by atoms with Crippen molar-refractivity contribution in [2.75, 3.05) is 118 Å². The van der Waals surface area contributed by atoms with E-state index in [9.17, 15) is 113 Å². The van der Waals surface area contributed by atoms with Gasteiger partial charge < -0.3 is 83.1 Å². The van der Waals surface area contributed by atoms with Crippen LogP contribution in [-0.4, -0.2) is 385 Å². The molecule has 22 atom stereocenters. The van der Waals surface area contributed by atoms with Crippen molar-refractivity contribution < 1.29 is 113 Å². The predicted octanol–water partition coefficient (Wildman–Crippen LogP) is 1.15. The third kappa shape index (κ3) is 33.1. The second kappa shape index (κ2) is 53.1. The number of aromatic nitrogens is 10. The Balaban J connectivity index is 0.000000214. The summed E-state index contributed by atoms with van der Waals surface area (Å²) in [5.41, 5.74) is -0.561. The number of aliphatic carboxylic acids is 1. The van der Waals surface area contributed by atoms with E-state index in [2.05, 4.69) is 134 Å². The zero-order valence-corrected chi connectivity index (χ0v) is 94.4. The number of ether oxygens (including phenoxy) is 8. The second-order valence-electron chi connectivity index (χ2n) is 42.7. The van der Waals surface area contributed by atoms with Gasteiger partial charge in [0.2, 0.25) is 0 Å². The molecule has 831 valence electrons. The molecule has 49 heteroatoms. The van der Waals surface area contributed by atoms with Crippen molar-refractivity contribution in [1.29, 1.82) is 0 Å². The van der Waals surface area contributed by atoms with Gasteiger partial charge in [0.15, 0.2) is 12.5 Å². The molecule has 5 saturated heterocycles. The normalized spacial score (nSPS) is 25.0. The Hall–Kier alpha value is -8.83. The zero-order chi connectivity index (χ0) is 112. The van der Waals surface area contributed by atoms with E-state index >= 15 is 0 Å². The Morgan fingerprint density at radius 1 is 0.473 bits per heavy atom. The topological polar surface area (TPSA) is 606 Å². The Bertz CT molecular complexity index is 6790. The maximum absolute atomic E-state index is 13.4. The van der Waals surface area contributed by atoms with Gasteiger partial charge in [-0.1, -0.05) is 62.4 Å². The number of H-pyrrole nitrogens is 2. The van der Waals surface area contributed by atoms with E-state index in [0.29, 0.717) is 48.9 Å². The number of nitrogens with zero attached hydrogens (tertiary/aromatic N) is 8. The van der Waals surface area contributed by atoms with Crippen LogP contribution >= 0.6 is 34.4 Å². The maximum atomic E-state index is 13.4. The first-order valence-corrected chi connectivity index (χ1v) is 65.2. The molecular formula is C101H149N11O32P5Se. The second-order valence-corrected chi connectivity index (χ2v) is 65.1. The molecule has 1 aliphatic carbocycles. The van der Waals surface area contributed by atoms with Crippen LogP contribution in [0, 0.1) is 11.8 Å². The number of aliphatic hydroxyl groups is 9. The Morgan fingerprint density at radius 2 is 0.820 bits per heavy atom. The number of ketones is 2. The molecule has 13 rings (SSSR count). The van der Waals surface area contributed by atoms with Crippen molar-refractivity contribution in [3.63, 3.8) is 0 Å². The zero-order valence-electron chi connectivity index (χ0n) is 88.2. The van der Waals surface area contributed by atoms with Crippen LogP contribution in [0.25, 0.3) is 11.1 Å². The van der Waals surface area contributed by atoms with Crippen LogP contribution in [0.15, 0.2) is 123 Å². The molecule has 12 unspecified atom stereocenters. The van der Waals surface area contributed by atoms with Gasteiger partial charge in [-0.3, -0.25) is 66.6 Å². The van der Waals surface area contributed by atoms with Crippen LogP contribution < -0.4 is 60.6 Å². The van der Waals surface area contributed by atoms with Gasteiger partial charge in [0.1, 0.15) is 79.2 Å². The van der Waals surface area contributed by atoms with E-state index in [4.69, 9.17) is 43.0 Å². The van der Waals surface area contributed by atoms with Crippen molar-refractivity contribution >= 4 is 116 Å². The third-order valence-corrected chi connectivity index (χ3v) is 34.4. The molecule has 43 nitrogen and oxygen atoms in total. The molecule has 5 aromatic heterocycles. The van der Waals surface area contributed by atoms with Gasteiger partial charge in [-0.25, -0.2) is 24.0 Å². The summed E-state index contributed by atoms with van der Waals surface area (Å²) >= 11 is 2.72. The van der Waals surface area contributed by atoms with E-state index in [0.717, 1.165) is 66.8 Å². The Labute approximate surface area is 877 Å². The van der Waals surface area contributed by atoms with Gasteiger partial charge in [-0.2, -0.15) is 0 Å². The number of carboxylic acids is 1. The number of carbonyl (C=O) groups is 5. The molecule has 7 aromatic rings. The number of benzene rings is 2. The number of nitrogens with one attached hydrogen (secondary N) is 3. The summed E-state index contributed by atoms with van der Waals surface area (Å²) in [6, 6.07) is 15.7. The molecule has 1 radical (unpaired) electrons. The van der Waals surface area contributed by atoms with Gasteiger partial charge >= 0.3 is 191 Å². The quantitative estimate of drug-likeness (QED) is 0.0112. The number of carboxylic acid groups (broad SMARTS) is 1. The Kier molecular flexibility index (Phi) is 44.1. The fourth-order valence-electron chi connectivity index (χ4n) is 17.9. The number of hydrogen-bond donors (Lipinski definition) is 13. The van der Waals surface area contributed by atoms with Crippen LogP contribution in [0.2, 0.25) is 0 Å². The van der Waals surface area contributed by atoms with Gasteiger partial charge in [0, 0.05) is 89.0 Å². The van der Waals surface area contributed by atoms with Crippen molar-refractivity contribution in [3.8, 4) is 11.1 Å². The predicted molar refractivity (Wildman–Crippen MR) is 585 cm³/mol. The van der Waals surface area contributed by atoms with Crippen LogP contribution in [0.4, 0.5) is 4.79 Å². The number of aryl methyl sites for hydroxylation is 2. The van der Waals surface area contributed by atoms with Crippen molar-refractivity contribution in [3.05, 3.63) is 212 Å². The first kappa shape index (κ1) is 125.